The molecule has 3 rings (SSSR count). The molecule has 1 saturated heterocycles. The molecular weight excluding hydrogens is 272 g/mol. The number of fused-ring (bicyclic) bond motifs is 1. The van der Waals surface area contributed by atoms with Gasteiger partial charge in [-0.15, -0.1) is 0 Å². The maximum Gasteiger partial charge on any atom is 0.251 e. The molecule has 2 aromatic rings. The Morgan fingerprint density at radius 3 is 2.74 bits per heavy atom. The van der Waals surface area contributed by atoms with E-state index >= 15 is 0 Å². The van der Waals surface area contributed by atoms with Crippen LogP contribution in [0.1, 0.15) is 12.8 Å². The van der Waals surface area contributed by atoms with Gasteiger partial charge in [0.15, 0.2) is 0 Å². The lowest BCUT2D eigenvalue weighted by atomic mass is 10.1. The number of halogens is 3. The van der Waals surface area contributed by atoms with E-state index in [-0.39, 0.29) is 12.8 Å². The fourth-order valence-corrected chi connectivity index (χ4v) is 2.48. The van der Waals surface area contributed by atoms with Gasteiger partial charge >= 0.3 is 0 Å². The number of aromatic nitrogens is 2. The van der Waals surface area contributed by atoms with Crippen molar-refractivity contribution in [3.05, 3.63) is 29.4 Å². The molecule has 0 aromatic carbocycles. The smallest absolute Gasteiger partial charge is 0.251 e. The van der Waals surface area contributed by atoms with E-state index in [0.717, 1.165) is 0 Å². The van der Waals surface area contributed by atoms with Crippen molar-refractivity contribution < 1.29 is 8.78 Å². The van der Waals surface area contributed by atoms with Crippen molar-refractivity contribution in [2.24, 2.45) is 0 Å². The largest absolute Gasteiger partial charge is 0.356 e. The minimum Gasteiger partial charge on any atom is -0.356 e. The lowest BCUT2D eigenvalue weighted by Crippen LogP contribution is -2.39. The molecule has 2 aromatic heterocycles. The molecule has 0 spiro atoms. The quantitative estimate of drug-likeness (QED) is 0.802. The summed E-state index contributed by atoms with van der Waals surface area (Å²) in [6, 6.07) is 5.29. The molecule has 0 atom stereocenters. The number of piperidine rings is 1. The minimum atomic E-state index is -2.56. The van der Waals surface area contributed by atoms with Gasteiger partial charge in [-0.3, -0.25) is 4.98 Å². The predicted molar refractivity (Wildman–Crippen MR) is 70.9 cm³/mol. The summed E-state index contributed by atoms with van der Waals surface area (Å²) in [6.45, 7) is 0.587. The van der Waals surface area contributed by atoms with Crippen molar-refractivity contribution >= 4 is 28.5 Å². The first-order valence-electron chi connectivity index (χ1n) is 6.09. The summed E-state index contributed by atoms with van der Waals surface area (Å²) in [6.07, 6.45) is 1.37. The molecule has 0 radical (unpaired) electrons. The van der Waals surface area contributed by atoms with Crippen LogP contribution < -0.4 is 4.90 Å². The van der Waals surface area contributed by atoms with Crippen molar-refractivity contribution in [2.75, 3.05) is 18.0 Å². The molecule has 3 heterocycles. The molecule has 0 amide bonds. The lowest BCUT2D eigenvalue weighted by Gasteiger charge is -2.32. The normalized spacial score (nSPS) is 18.8. The van der Waals surface area contributed by atoms with Crippen molar-refractivity contribution in [1.29, 1.82) is 0 Å². The second-order valence-electron chi connectivity index (χ2n) is 4.68. The van der Waals surface area contributed by atoms with Gasteiger partial charge in [0.1, 0.15) is 11.3 Å². The first-order chi connectivity index (χ1) is 9.05. The second-order valence-corrected chi connectivity index (χ2v) is 5.08. The van der Waals surface area contributed by atoms with Crippen molar-refractivity contribution in [2.45, 2.75) is 18.8 Å². The zero-order chi connectivity index (χ0) is 13.5. The van der Waals surface area contributed by atoms with Gasteiger partial charge in [0.05, 0.1) is 10.5 Å². The van der Waals surface area contributed by atoms with E-state index in [1.165, 1.54) is 0 Å². The molecule has 100 valence electrons. The van der Waals surface area contributed by atoms with Crippen LogP contribution in [0.2, 0.25) is 5.02 Å². The van der Waals surface area contributed by atoms with Gasteiger partial charge in [0.25, 0.3) is 5.92 Å². The highest BCUT2D eigenvalue weighted by Gasteiger charge is 2.34. The second kappa shape index (κ2) is 4.56. The average Bonchev–Trinajstić information content (AvgIpc) is 2.38. The highest BCUT2D eigenvalue weighted by molar-refractivity contribution is 6.35. The van der Waals surface area contributed by atoms with Crippen molar-refractivity contribution in [3.63, 3.8) is 0 Å². The van der Waals surface area contributed by atoms with Crippen LogP contribution in [0.5, 0.6) is 0 Å². The molecule has 1 fully saturated rings. The van der Waals surface area contributed by atoms with Gasteiger partial charge in [-0.2, -0.15) is 0 Å². The fourth-order valence-electron chi connectivity index (χ4n) is 2.23. The molecular formula is C13H12ClF2N3. The van der Waals surface area contributed by atoms with Gasteiger partial charge in [0.2, 0.25) is 0 Å². The number of anilines is 1. The molecule has 6 heteroatoms. The van der Waals surface area contributed by atoms with Gasteiger partial charge in [-0.25, -0.2) is 13.8 Å². The van der Waals surface area contributed by atoms with Gasteiger partial charge in [-0.1, -0.05) is 11.6 Å². The van der Waals surface area contributed by atoms with Crippen LogP contribution in [0.4, 0.5) is 14.6 Å². The van der Waals surface area contributed by atoms with E-state index in [1.807, 2.05) is 11.0 Å². The van der Waals surface area contributed by atoms with Crippen LogP contribution in [-0.4, -0.2) is 29.0 Å². The number of alkyl halides is 2. The topological polar surface area (TPSA) is 29.0 Å². The van der Waals surface area contributed by atoms with Crippen molar-refractivity contribution in [1.82, 2.24) is 9.97 Å². The van der Waals surface area contributed by atoms with E-state index in [2.05, 4.69) is 9.97 Å². The Morgan fingerprint density at radius 2 is 2.00 bits per heavy atom. The van der Waals surface area contributed by atoms with Gasteiger partial charge in [0, 0.05) is 38.2 Å². The summed E-state index contributed by atoms with van der Waals surface area (Å²) in [5, 5.41) is 0.498. The average molecular weight is 284 g/mol. The Labute approximate surface area is 114 Å². The van der Waals surface area contributed by atoms with Crippen LogP contribution in [0, 0.1) is 0 Å². The first kappa shape index (κ1) is 12.5. The zero-order valence-electron chi connectivity index (χ0n) is 10.1. The molecule has 19 heavy (non-hydrogen) atoms. The molecule has 1 aliphatic rings. The third-order valence-electron chi connectivity index (χ3n) is 3.32. The van der Waals surface area contributed by atoms with E-state index in [9.17, 15) is 8.78 Å². The molecule has 0 bridgehead atoms. The minimum absolute atomic E-state index is 0.141. The van der Waals surface area contributed by atoms with E-state index in [4.69, 9.17) is 11.6 Å². The highest BCUT2D eigenvalue weighted by atomic mass is 35.5. The van der Waals surface area contributed by atoms with Crippen molar-refractivity contribution in [3.8, 4) is 0 Å². The molecule has 0 N–H and O–H groups in total. The molecule has 3 nitrogen and oxygen atoms in total. The van der Waals surface area contributed by atoms with Gasteiger partial charge < -0.3 is 4.90 Å². The van der Waals surface area contributed by atoms with Gasteiger partial charge in [-0.05, 0) is 12.1 Å². The summed E-state index contributed by atoms with van der Waals surface area (Å²) < 4.78 is 26.3. The summed E-state index contributed by atoms with van der Waals surface area (Å²) in [7, 11) is 0. The Kier molecular flexibility index (Phi) is 3.01. The SMILES string of the molecule is FC1(F)CCN(c2cc(Cl)c3ncccc3n2)CC1. The van der Waals surface area contributed by atoms with E-state index in [0.29, 0.717) is 35.0 Å². The molecule has 1 aliphatic heterocycles. The number of rotatable bonds is 1. The third kappa shape index (κ3) is 2.47. The Morgan fingerprint density at radius 1 is 1.26 bits per heavy atom. The summed E-state index contributed by atoms with van der Waals surface area (Å²) in [5.74, 6) is -1.92. The van der Waals surface area contributed by atoms with Crippen LogP contribution in [0.15, 0.2) is 24.4 Å². The Balaban J connectivity index is 1.94. The van der Waals surface area contributed by atoms with Crippen LogP contribution in [0.25, 0.3) is 11.0 Å². The summed E-state index contributed by atoms with van der Waals surface area (Å²) in [5.41, 5.74) is 1.32. The molecule has 0 saturated carbocycles. The standard InChI is InChI=1S/C13H12ClF2N3/c14-9-8-11(18-10-2-1-5-17-12(9)10)19-6-3-13(15,16)4-7-19/h1-2,5,8H,3-4,6-7H2. The van der Waals surface area contributed by atoms with Crippen LogP contribution >= 0.6 is 11.6 Å². The molecule has 0 unspecified atom stereocenters. The van der Waals surface area contributed by atoms with E-state index < -0.39 is 5.92 Å². The fraction of sp³-hybridized carbons (Fsp3) is 0.385. The number of nitrogens with zero attached hydrogens (tertiary/aromatic N) is 3. The maximum absolute atomic E-state index is 13.1. The first-order valence-corrected chi connectivity index (χ1v) is 6.47. The lowest BCUT2D eigenvalue weighted by molar-refractivity contribution is -0.0221. The number of pyridine rings is 2. The summed E-state index contributed by atoms with van der Waals surface area (Å²) >= 11 is 6.16. The predicted octanol–water partition coefficient (Wildman–Crippen LogP) is 3.52. The zero-order valence-corrected chi connectivity index (χ0v) is 10.9. The Bertz CT molecular complexity index is 608. The maximum atomic E-state index is 13.1. The van der Waals surface area contributed by atoms with E-state index in [1.54, 1.807) is 18.3 Å². The Hall–Kier alpha value is -1.49. The monoisotopic (exact) mass is 283 g/mol. The molecule has 0 aliphatic carbocycles. The number of hydrogen-bond donors (Lipinski definition) is 0. The highest BCUT2D eigenvalue weighted by Crippen LogP contribution is 2.32. The number of hydrogen-bond acceptors (Lipinski definition) is 3. The summed E-state index contributed by atoms with van der Waals surface area (Å²) in [4.78, 5) is 10.4. The third-order valence-corrected chi connectivity index (χ3v) is 3.61. The van der Waals surface area contributed by atoms with Crippen LogP contribution in [0.3, 0.4) is 0 Å². The van der Waals surface area contributed by atoms with Crippen LogP contribution in [-0.2, 0) is 0 Å².